The van der Waals surface area contributed by atoms with Crippen molar-refractivity contribution in [3.8, 4) is 5.75 Å². The molecule has 1 aliphatic carbocycles. The van der Waals surface area contributed by atoms with Crippen LogP contribution in [0.25, 0.3) is 10.9 Å². The Morgan fingerprint density at radius 3 is 2.48 bits per heavy atom. The maximum atomic E-state index is 13.1. The molecule has 8 nitrogen and oxygen atoms in total. The smallest absolute Gasteiger partial charge is 0.322 e. The van der Waals surface area contributed by atoms with Gasteiger partial charge in [-0.15, -0.1) is 0 Å². The Morgan fingerprint density at radius 1 is 1.09 bits per heavy atom. The van der Waals surface area contributed by atoms with E-state index in [0.29, 0.717) is 25.2 Å². The van der Waals surface area contributed by atoms with Gasteiger partial charge in [-0.05, 0) is 62.1 Å². The number of para-hydroxylation sites is 1. The van der Waals surface area contributed by atoms with Crippen LogP contribution in [0.2, 0.25) is 0 Å². The minimum Gasteiger partial charge on any atom is -0.489 e. The largest absolute Gasteiger partial charge is 0.489 e. The van der Waals surface area contributed by atoms with Gasteiger partial charge in [-0.25, -0.2) is 13.2 Å². The number of sulfone groups is 1. The number of nitrogens with zero attached hydrogens (tertiary/aromatic N) is 1. The number of rotatable bonds is 7. The third kappa shape index (κ3) is 4.04. The summed E-state index contributed by atoms with van der Waals surface area (Å²) in [6, 6.07) is 15.3. The zero-order valence-electron chi connectivity index (χ0n) is 18.0. The number of nitrogens with one attached hydrogen (secondary N) is 2. The molecule has 1 aliphatic heterocycles. The zero-order valence-corrected chi connectivity index (χ0v) is 18.8. The van der Waals surface area contributed by atoms with E-state index in [9.17, 15) is 18.0 Å². The van der Waals surface area contributed by atoms with E-state index in [1.807, 2.05) is 37.3 Å². The second-order valence-electron chi connectivity index (χ2n) is 8.61. The molecule has 33 heavy (non-hydrogen) atoms. The average molecular weight is 466 g/mol. The molecule has 1 aromatic heterocycles. The number of pyridine rings is 1. The van der Waals surface area contributed by atoms with Crippen LogP contribution in [0.5, 0.6) is 5.75 Å². The van der Waals surface area contributed by atoms with Gasteiger partial charge in [0.15, 0.2) is 9.84 Å². The Labute approximate surface area is 191 Å². The number of imide groups is 1. The number of aromatic nitrogens is 1. The SMILES string of the molecule is Cc1cc(COc2ccc(S(=O)(=O)CC3(C4CC4)NC(=O)NC3=O)cc2)c2ccccc2n1. The summed E-state index contributed by atoms with van der Waals surface area (Å²) in [6.45, 7) is 2.24. The molecule has 1 atom stereocenters. The molecule has 2 heterocycles. The average Bonchev–Trinajstić information content (AvgIpc) is 3.59. The molecule has 1 saturated carbocycles. The molecule has 1 unspecified atom stereocenters. The summed E-state index contributed by atoms with van der Waals surface area (Å²) in [6.07, 6.45) is 1.42. The van der Waals surface area contributed by atoms with Crippen molar-refractivity contribution in [2.75, 3.05) is 5.75 Å². The van der Waals surface area contributed by atoms with Gasteiger partial charge in [0.25, 0.3) is 5.91 Å². The summed E-state index contributed by atoms with van der Waals surface area (Å²) in [5.41, 5.74) is 1.38. The summed E-state index contributed by atoms with van der Waals surface area (Å²) in [7, 11) is -3.82. The number of amides is 3. The number of hydrogen-bond donors (Lipinski definition) is 2. The first-order valence-electron chi connectivity index (χ1n) is 10.7. The monoisotopic (exact) mass is 465 g/mol. The van der Waals surface area contributed by atoms with E-state index in [0.717, 1.165) is 22.2 Å². The quantitative estimate of drug-likeness (QED) is 0.519. The summed E-state index contributed by atoms with van der Waals surface area (Å²) in [5, 5.41) is 5.75. The fourth-order valence-electron chi connectivity index (χ4n) is 4.39. The van der Waals surface area contributed by atoms with Crippen LogP contribution in [0.15, 0.2) is 59.5 Å². The third-order valence-corrected chi connectivity index (χ3v) is 7.99. The summed E-state index contributed by atoms with van der Waals surface area (Å²) in [4.78, 5) is 28.7. The van der Waals surface area contributed by atoms with Crippen LogP contribution in [0.3, 0.4) is 0 Å². The molecule has 2 fully saturated rings. The van der Waals surface area contributed by atoms with Crippen molar-refractivity contribution >= 4 is 32.7 Å². The molecule has 0 bridgehead atoms. The molecule has 1 saturated heterocycles. The number of fused-ring (bicyclic) bond motifs is 1. The molecule has 0 radical (unpaired) electrons. The zero-order chi connectivity index (χ0) is 23.2. The van der Waals surface area contributed by atoms with Crippen molar-refractivity contribution in [1.82, 2.24) is 15.6 Å². The Bertz CT molecular complexity index is 1370. The molecule has 3 aromatic rings. The first kappa shape index (κ1) is 21.4. The highest BCUT2D eigenvalue weighted by molar-refractivity contribution is 7.91. The first-order chi connectivity index (χ1) is 15.8. The van der Waals surface area contributed by atoms with Crippen molar-refractivity contribution in [2.24, 2.45) is 5.92 Å². The number of ether oxygens (including phenoxy) is 1. The minimum absolute atomic E-state index is 0.0778. The van der Waals surface area contributed by atoms with Crippen LogP contribution in [-0.4, -0.2) is 36.6 Å². The highest BCUT2D eigenvalue weighted by atomic mass is 32.2. The van der Waals surface area contributed by atoms with Crippen LogP contribution in [0.1, 0.15) is 24.1 Å². The van der Waals surface area contributed by atoms with E-state index < -0.39 is 33.1 Å². The van der Waals surface area contributed by atoms with E-state index in [-0.39, 0.29) is 10.8 Å². The van der Waals surface area contributed by atoms with E-state index in [2.05, 4.69) is 15.6 Å². The van der Waals surface area contributed by atoms with Gasteiger partial charge < -0.3 is 10.1 Å². The Balaban J connectivity index is 1.33. The van der Waals surface area contributed by atoms with Crippen LogP contribution in [-0.2, 0) is 21.2 Å². The molecule has 9 heteroatoms. The molecule has 0 spiro atoms. The van der Waals surface area contributed by atoms with Crippen LogP contribution in [0, 0.1) is 12.8 Å². The van der Waals surface area contributed by atoms with E-state index >= 15 is 0 Å². The topological polar surface area (TPSA) is 114 Å². The molecule has 170 valence electrons. The standard InChI is InChI=1S/C24H23N3O5S/c1-15-12-16(20-4-2-3-5-21(20)25-15)13-32-18-8-10-19(11-9-18)33(30,31)14-24(17-6-7-17)22(28)26-23(29)27-24/h2-5,8-12,17H,6-7,13-14H2,1H3,(H2,26,27,28,29). The third-order valence-electron chi connectivity index (χ3n) is 6.17. The van der Waals surface area contributed by atoms with E-state index in [1.54, 1.807) is 12.1 Å². The molecule has 3 amide bonds. The second-order valence-corrected chi connectivity index (χ2v) is 10.6. The lowest BCUT2D eigenvalue weighted by molar-refractivity contribution is -0.123. The lowest BCUT2D eigenvalue weighted by Crippen LogP contribution is -2.54. The van der Waals surface area contributed by atoms with Crippen LogP contribution < -0.4 is 15.4 Å². The van der Waals surface area contributed by atoms with Gasteiger partial charge in [0.05, 0.1) is 16.2 Å². The minimum atomic E-state index is -3.82. The van der Waals surface area contributed by atoms with Gasteiger partial charge in [-0.1, -0.05) is 18.2 Å². The number of urea groups is 1. The molecular formula is C24H23N3O5S. The van der Waals surface area contributed by atoms with Crippen molar-refractivity contribution < 1.29 is 22.7 Å². The number of carbonyl (C=O) groups excluding carboxylic acids is 2. The van der Waals surface area contributed by atoms with E-state index in [4.69, 9.17) is 4.74 Å². The summed E-state index contributed by atoms with van der Waals surface area (Å²) in [5.74, 6) is -0.681. The maximum absolute atomic E-state index is 13.1. The highest BCUT2D eigenvalue weighted by Crippen LogP contribution is 2.42. The number of carbonyl (C=O) groups is 2. The summed E-state index contributed by atoms with van der Waals surface area (Å²) >= 11 is 0. The van der Waals surface area contributed by atoms with E-state index in [1.165, 1.54) is 12.1 Å². The van der Waals surface area contributed by atoms with Gasteiger partial charge in [-0.2, -0.15) is 0 Å². The van der Waals surface area contributed by atoms with Crippen molar-refractivity contribution in [3.63, 3.8) is 0 Å². The van der Waals surface area contributed by atoms with Gasteiger partial charge in [0.2, 0.25) is 0 Å². The fourth-order valence-corrected chi connectivity index (χ4v) is 6.15. The molecule has 2 aliphatic rings. The second kappa shape index (κ2) is 7.84. The van der Waals surface area contributed by atoms with Crippen molar-refractivity contribution in [3.05, 3.63) is 65.9 Å². The van der Waals surface area contributed by atoms with Crippen LogP contribution >= 0.6 is 0 Å². The molecule has 2 aromatic carbocycles. The van der Waals surface area contributed by atoms with Crippen LogP contribution in [0.4, 0.5) is 4.79 Å². The van der Waals surface area contributed by atoms with Gasteiger partial charge in [-0.3, -0.25) is 15.1 Å². The van der Waals surface area contributed by atoms with Gasteiger partial charge in [0.1, 0.15) is 17.9 Å². The maximum Gasteiger partial charge on any atom is 0.322 e. The number of benzene rings is 2. The number of hydrogen-bond acceptors (Lipinski definition) is 6. The molecule has 2 N–H and O–H groups in total. The predicted molar refractivity (Wildman–Crippen MR) is 121 cm³/mol. The lowest BCUT2D eigenvalue weighted by Gasteiger charge is -2.25. The Kier molecular flexibility index (Phi) is 5.08. The first-order valence-corrected chi connectivity index (χ1v) is 12.4. The molecule has 5 rings (SSSR count). The Morgan fingerprint density at radius 2 is 1.82 bits per heavy atom. The number of aryl methyl sites for hydroxylation is 1. The van der Waals surface area contributed by atoms with Gasteiger partial charge in [0, 0.05) is 16.6 Å². The Hall–Kier alpha value is -3.46. The normalized spacial score (nSPS) is 20.5. The van der Waals surface area contributed by atoms with Crippen molar-refractivity contribution in [1.29, 1.82) is 0 Å². The molecular weight excluding hydrogens is 442 g/mol. The van der Waals surface area contributed by atoms with Crippen molar-refractivity contribution in [2.45, 2.75) is 36.8 Å². The fraction of sp³-hybridized carbons (Fsp3) is 0.292. The lowest BCUT2D eigenvalue weighted by atomic mass is 9.96. The predicted octanol–water partition coefficient (Wildman–Crippen LogP) is 2.88. The van der Waals surface area contributed by atoms with Gasteiger partial charge >= 0.3 is 6.03 Å². The summed E-state index contributed by atoms with van der Waals surface area (Å²) < 4.78 is 32.1. The highest BCUT2D eigenvalue weighted by Gasteiger charge is 2.58.